The minimum atomic E-state index is -0.0912. The summed E-state index contributed by atoms with van der Waals surface area (Å²) in [6.45, 7) is 0.660. The first-order valence-electron chi connectivity index (χ1n) is 4.54. The molecule has 2 rings (SSSR count). The van der Waals surface area contributed by atoms with Crippen LogP contribution in [0.5, 0.6) is 0 Å². The number of carbonyl (C=O) groups excluding carboxylic acids is 1. The van der Waals surface area contributed by atoms with Crippen molar-refractivity contribution in [1.29, 1.82) is 0 Å². The minimum absolute atomic E-state index is 0.0912. The molecular formula is C10H10N2OS2. The van der Waals surface area contributed by atoms with E-state index in [0.29, 0.717) is 12.2 Å². The van der Waals surface area contributed by atoms with Gasteiger partial charge in [-0.25, -0.2) is 4.98 Å². The number of aromatic nitrogens is 1. The van der Waals surface area contributed by atoms with Crippen LogP contribution < -0.4 is 5.32 Å². The van der Waals surface area contributed by atoms with Crippen molar-refractivity contribution in [3.63, 3.8) is 0 Å². The fourth-order valence-electron chi connectivity index (χ4n) is 1.17. The number of hydrogen-bond acceptors (Lipinski definition) is 4. The molecule has 2 aromatic heterocycles. The van der Waals surface area contributed by atoms with E-state index in [2.05, 4.69) is 21.7 Å². The molecule has 2 heterocycles. The first-order valence-corrected chi connectivity index (χ1v) is 6.42. The third-order valence-electron chi connectivity index (χ3n) is 1.94. The van der Waals surface area contributed by atoms with Gasteiger partial charge in [0.15, 0.2) is 0 Å². The molecule has 78 valence electrons. The first kappa shape index (κ1) is 10.3. The van der Waals surface area contributed by atoms with E-state index < -0.39 is 0 Å². The lowest BCUT2D eigenvalue weighted by Crippen LogP contribution is -2.25. The molecular weight excluding hydrogens is 228 g/mol. The van der Waals surface area contributed by atoms with E-state index in [4.69, 9.17) is 0 Å². The Kier molecular flexibility index (Phi) is 3.47. The molecule has 0 spiro atoms. The zero-order chi connectivity index (χ0) is 10.5. The Morgan fingerprint density at radius 3 is 3.00 bits per heavy atom. The Hall–Kier alpha value is -1.20. The van der Waals surface area contributed by atoms with Gasteiger partial charge >= 0.3 is 0 Å². The van der Waals surface area contributed by atoms with Gasteiger partial charge in [0.1, 0.15) is 5.69 Å². The van der Waals surface area contributed by atoms with E-state index in [-0.39, 0.29) is 5.91 Å². The lowest BCUT2D eigenvalue weighted by molar-refractivity contribution is 0.0950. The van der Waals surface area contributed by atoms with Crippen LogP contribution >= 0.6 is 22.7 Å². The normalized spacial score (nSPS) is 10.1. The fraction of sp³-hybridized carbons (Fsp3) is 0.200. The smallest absolute Gasteiger partial charge is 0.270 e. The highest BCUT2D eigenvalue weighted by Gasteiger charge is 2.05. The van der Waals surface area contributed by atoms with E-state index in [1.807, 2.05) is 5.38 Å². The number of rotatable bonds is 4. The second-order valence-corrected chi connectivity index (χ2v) is 4.51. The van der Waals surface area contributed by atoms with Crippen molar-refractivity contribution in [2.45, 2.75) is 6.42 Å². The van der Waals surface area contributed by atoms with Gasteiger partial charge < -0.3 is 5.32 Å². The summed E-state index contributed by atoms with van der Waals surface area (Å²) in [7, 11) is 0. The lowest BCUT2D eigenvalue weighted by atomic mass is 10.2. The van der Waals surface area contributed by atoms with Gasteiger partial charge in [-0.05, 0) is 28.8 Å². The number of hydrogen-bond donors (Lipinski definition) is 1. The number of thiophene rings is 1. The lowest BCUT2D eigenvalue weighted by Gasteiger charge is -2.01. The van der Waals surface area contributed by atoms with Gasteiger partial charge in [-0.2, -0.15) is 11.3 Å². The molecule has 0 saturated carbocycles. The van der Waals surface area contributed by atoms with E-state index in [9.17, 15) is 4.79 Å². The van der Waals surface area contributed by atoms with Crippen molar-refractivity contribution >= 4 is 28.6 Å². The summed E-state index contributed by atoms with van der Waals surface area (Å²) in [5, 5.41) is 8.71. The zero-order valence-corrected chi connectivity index (χ0v) is 9.61. The molecule has 2 aromatic rings. The summed E-state index contributed by atoms with van der Waals surface area (Å²) in [5.74, 6) is -0.0912. The Bertz CT molecular complexity index is 409. The molecule has 1 N–H and O–H groups in total. The maximum atomic E-state index is 11.5. The summed E-state index contributed by atoms with van der Waals surface area (Å²) in [6.07, 6.45) is 0.874. The third-order valence-corrected chi connectivity index (χ3v) is 3.26. The molecule has 0 radical (unpaired) electrons. The highest BCUT2D eigenvalue weighted by molar-refractivity contribution is 7.08. The molecule has 5 heteroatoms. The highest BCUT2D eigenvalue weighted by atomic mass is 32.1. The number of nitrogens with zero attached hydrogens (tertiary/aromatic N) is 1. The van der Waals surface area contributed by atoms with Crippen LogP contribution in [-0.4, -0.2) is 17.4 Å². The highest BCUT2D eigenvalue weighted by Crippen LogP contribution is 2.06. The summed E-state index contributed by atoms with van der Waals surface area (Å²) < 4.78 is 0. The number of nitrogens with one attached hydrogen (secondary N) is 1. The van der Waals surface area contributed by atoms with E-state index >= 15 is 0 Å². The molecule has 3 nitrogen and oxygen atoms in total. The molecule has 0 fully saturated rings. The van der Waals surface area contributed by atoms with Crippen molar-refractivity contribution in [1.82, 2.24) is 10.3 Å². The Morgan fingerprint density at radius 2 is 2.33 bits per heavy atom. The minimum Gasteiger partial charge on any atom is -0.350 e. The monoisotopic (exact) mass is 238 g/mol. The van der Waals surface area contributed by atoms with Crippen LogP contribution in [0.1, 0.15) is 16.1 Å². The second-order valence-electron chi connectivity index (χ2n) is 3.01. The second kappa shape index (κ2) is 5.04. The number of carbonyl (C=O) groups is 1. The summed E-state index contributed by atoms with van der Waals surface area (Å²) in [5.41, 5.74) is 3.43. The Balaban J connectivity index is 1.77. The maximum absolute atomic E-state index is 11.5. The molecule has 0 atom stereocenters. The maximum Gasteiger partial charge on any atom is 0.270 e. The SMILES string of the molecule is O=C(NCCc1ccsc1)c1cscn1. The molecule has 0 aliphatic heterocycles. The summed E-state index contributed by atoms with van der Waals surface area (Å²) in [4.78, 5) is 15.4. The predicted molar refractivity (Wildman–Crippen MR) is 62.5 cm³/mol. The fourth-order valence-corrected chi connectivity index (χ4v) is 2.41. The predicted octanol–water partition coefficient (Wildman–Crippen LogP) is 2.18. The zero-order valence-electron chi connectivity index (χ0n) is 7.97. The van der Waals surface area contributed by atoms with E-state index in [0.717, 1.165) is 6.42 Å². The van der Waals surface area contributed by atoms with E-state index in [1.165, 1.54) is 16.9 Å². The van der Waals surface area contributed by atoms with Gasteiger partial charge in [0, 0.05) is 11.9 Å². The Morgan fingerprint density at radius 1 is 1.40 bits per heavy atom. The molecule has 0 unspecified atom stereocenters. The van der Waals surface area contributed by atoms with Crippen LogP contribution in [0.15, 0.2) is 27.7 Å². The van der Waals surface area contributed by atoms with Crippen LogP contribution in [0.2, 0.25) is 0 Å². The molecule has 0 aliphatic carbocycles. The average Bonchev–Trinajstić information content (AvgIpc) is 2.90. The van der Waals surface area contributed by atoms with Crippen molar-refractivity contribution in [2.24, 2.45) is 0 Å². The number of thiazole rings is 1. The van der Waals surface area contributed by atoms with Gasteiger partial charge in [0.25, 0.3) is 5.91 Å². The third kappa shape index (κ3) is 2.87. The first-order chi connectivity index (χ1) is 7.36. The molecule has 0 saturated heterocycles. The topological polar surface area (TPSA) is 42.0 Å². The van der Waals surface area contributed by atoms with Gasteiger partial charge in [0.05, 0.1) is 5.51 Å². The van der Waals surface area contributed by atoms with Gasteiger partial charge in [-0.15, -0.1) is 11.3 Å². The molecule has 15 heavy (non-hydrogen) atoms. The van der Waals surface area contributed by atoms with Crippen LogP contribution in [-0.2, 0) is 6.42 Å². The van der Waals surface area contributed by atoms with Gasteiger partial charge in [0.2, 0.25) is 0 Å². The number of amides is 1. The average molecular weight is 238 g/mol. The molecule has 1 amide bonds. The van der Waals surface area contributed by atoms with Crippen LogP contribution in [0.4, 0.5) is 0 Å². The van der Waals surface area contributed by atoms with E-state index in [1.54, 1.807) is 22.2 Å². The van der Waals surface area contributed by atoms with Crippen LogP contribution in [0.25, 0.3) is 0 Å². The van der Waals surface area contributed by atoms with Crippen molar-refractivity contribution in [3.8, 4) is 0 Å². The van der Waals surface area contributed by atoms with Crippen molar-refractivity contribution in [3.05, 3.63) is 39.0 Å². The molecule has 0 bridgehead atoms. The summed E-state index contributed by atoms with van der Waals surface area (Å²) in [6, 6.07) is 2.07. The Labute approximate surface area is 95.8 Å². The van der Waals surface area contributed by atoms with Crippen molar-refractivity contribution in [2.75, 3.05) is 6.54 Å². The van der Waals surface area contributed by atoms with Gasteiger partial charge in [-0.1, -0.05) is 0 Å². The van der Waals surface area contributed by atoms with Crippen LogP contribution in [0, 0.1) is 0 Å². The standard InChI is InChI=1S/C10H10N2OS2/c13-10(9-6-15-7-12-9)11-3-1-8-2-4-14-5-8/h2,4-7H,1,3H2,(H,11,13). The largest absolute Gasteiger partial charge is 0.350 e. The van der Waals surface area contributed by atoms with Gasteiger partial charge in [-0.3, -0.25) is 4.79 Å². The quantitative estimate of drug-likeness (QED) is 0.887. The molecule has 0 aromatic carbocycles. The van der Waals surface area contributed by atoms with Crippen molar-refractivity contribution < 1.29 is 4.79 Å². The summed E-state index contributed by atoms with van der Waals surface area (Å²) >= 11 is 3.10. The molecule has 0 aliphatic rings. The van der Waals surface area contributed by atoms with Crippen LogP contribution in [0.3, 0.4) is 0 Å².